The minimum absolute atomic E-state index is 0.0246. The Kier molecular flexibility index (Phi) is 7.53. The molecule has 0 aromatic heterocycles. The Balaban J connectivity index is 1.69. The number of hydrogen-bond acceptors (Lipinski definition) is 5. The summed E-state index contributed by atoms with van der Waals surface area (Å²) in [5.41, 5.74) is 1.83. The predicted octanol–water partition coefficient (Wildman–Crippen LogP) is 0.360. The molecule has 0 heterocycles. The van der Waals surface area contributed by atoms with Crippen LogP contribution in [0.4, 0.5) is 0 Å². The second-order valence-corrected chi connectivity index (χ2v) is 7.61. The number of methoxy groups -OCH3 is 1. The van der Waals surface area contributed by atoms with Crippen molar-refractivity contribution in [3.63, 3.8) is 0 Å². The van der Waals surface area contributed by atoms with E-state index in [9.17, 15) is 18.0 Å². The summed E-state index contributed by atoms with van der Waals surface area (Å²) in [6.45, 7) is 0.590. The summed E-state index contributed by atoms with van der Waals surface area (Å²) in [7, 11) is -2.14. The van der Waals surface area contributed by atoms with Crippen LogP contribution in [0.2, 0.25) is 0 Å². The molecule has 0 spiro atoms. The number of nitrogens with two attached hydrogens (primary N) is 1. The first-order valence-electron chi connectivity index (χ1n) is 8.60. The fourth-order valence-electron chi connectivity index (χ4n) is 2.44. The third-order valence-electron chi connectivity index (χ3n) is 4.02. The van der Waals surface area contributed by atoms with Crippen molar-refractivity contribution >= 4 is 21.8 Å². The third kappa shape index (κ3) is 6.67. The van der Waals surface area contributed by atoms with E-state index < -0.39 is 21.8 Å². The van der Waals surface area contributed by atoms with Crippen molar-refractivity contribution in [2.24, 2.45) is 5.14 Å². The van der Waals surface area contributed by atoms with Gasteiger partial charge < -0.3 is 15.4 Å². The first-order valence-corrected chi connectivity index (χ1v) is 10.1. The Hall–Kier alpha value is -2.91. The van der Waals surface area contributed by atoms with E-state index in [1.165, 1.54) is 12.1 Å². The molecule has 0 radical (unpaired) electrons. The highest BCUT2D eigenvalue weighted by Gasteiger charge is 2.12. The number of sulfonamides is 1. The quantitative estimate of drug-likeness (QED) is 0.547. The van der Waals surface area contributed by atoms with Gasteiger partial charge in [0.2, 0.25) is 10.0 Å². The topological polar surface area (TPSA) is 128 Å². The molecular weight excluding hydrogens is 382 g/mol. The number of benzene rings is 2. The average Bonchev–Trinajstić information content (AvgIpc) is 2.68. The van der Waals surface area contributed by atoms with Crippen LogP contribution in [0.1, 0.15) is 11.1 Å². The van der Waals surface area contributed by atoms with Crippen LogP contribution < -0.4 is 20.5 Å². The summed E-state index contributed by atoms with van der Waals surface area (Å²) in [6, 6.07) is 13.5. The molecule has 8 nitrogen and oxygen atoms in total. The van der Waals surface area contributed by atoms with Gasteiger partial charge in [0.25, 0.3) is 0 Å². The van der Waals surface area contributed by atoms with Crippen molar-refractivity contribution in [2.75, 3.05) is 20.2 Å². The molecule has 0 atom stereocenters. The van der Waals surface area contributed by atoms with E-state index in [-0.39, 0.29) is 11.4 Å². The monoisotopic (exact) mass is 405 g/mol. The number of carbonyl (C=O) groups excluding carboxylic acids is 2. The van der Waals surface area contributed by atoms with Crippen LogP contribution in [0.5, 0.6) is 5.75 Å². The van der Waals surface area contributed by atoms with E-state index in [0.717, 1.165) is 16.9 Å². The molecule has 0 saturated heterocycles. The molecule has 0 aliphatic carbocycles. The maximum Gasteiger partial charge on any atom is 0.309 e. The van der Waals surface area contributed by atoms with Crippen LogP contribution in [0.15, 0.2) is 53.4 Å². The lowest BCUT2D eigenvalue weighted by Crippen LogP contribution is -2.41. The Labute approximate surface area is 164 Å². The zero-order valence-electron chi connectivity index (χ0n) is 15.5. The van der Waals surface area contributed by atoms with Crippen LogP contribution in [-0.4, -0.2) is 40.4 Å². The van der Waals surface area contributed by atoms with E-state index in [4.69, 9.17) is 9.88 Å². The molecule has 2 aromatic carbocycles. The van der Waals surface area contributed by atoms with Gasteiger partial charge in [-0.1, -0.05) is 24.3 Å². The molecule has 9 heteroatoms. The molecule has 2 aromatic rings. The van der Waals surface area contributed by atoms with E-state index >= 15 is 0 Å². The van der Waals surface area contributed by atoms with Gasteiger partial charge in [0.1, 0.15) is 5.75 Å². The van der Waals surface area contributed by atoms with Crippen molar-refractivity contribution < 1.29 is 22.7 Å². The maximum atomic E-state index is 11.8. The Morgan fingerprint density at radius 1 is 0.857 bits per heavy atom. The molecule has 0 unspecified atom stereocenters. The molecule has 28 heavy (non-hydrogen) atoms. The summed E-state index contributed by atoms with van der Waals surface area (Å²) >= 11 is 0. The minimum atomic E-state index is -3.73. The average molecular weight is 405 g/mol. The van der Waals surface area contributed by atoms with Gasteiger partial charge in [-0.05, 0) is 48.2 Å². The maximum absolute atomic E-state index is 11.8. The SMILES string of the molecule is COc1ccc(CCNC(=O)C(=O)NCCc2ccc(S(N)(=O)=O)cc2)cc1. The highest BCUT2D eigenvalue weighted by Crippen LogP contribution is 2.11. The smallest absolute Gasteiger partial charge is 0.309 e. The van der Waals surface area contributed by atoms with Crippen molar-refractivity contribution in [2.45, 2.75) is 17.7 Å². The second kappa shape index (κ2) is 9.86. The van der Waals surface area contributed by atoms with Gasteiger partial charge in [0.15, 0.2) is 0 Å². The minimum Gasteiger partial charge on any atom is -0.497 e. The first kappa shape index (κ1) is 21.4. The summed E-state index contributed by atoms with van der Waals surface area (Å²) in [4.78, 5) is 23.6. The summed E-state index contributed by atoms with van der Waals surface area (Å²) < 4.78 is 27.5. The van der Waals surface area contributed by atoms with Crippen LogP contribution in [0, 0.1) is 0 Å². The van der Waals surface area contributed by atoms with Gasteiger partial charge in [-0.25, -0.2) is 13.6 Å². The highest BCUT2D eigenvalue weighted by molar-refractivity contribution is 7.89. The normalized spacial score (nSPS) is 10.9. The van der Waals surface area contributed by atoms with Gasteiger partial charge in [0, 0.05) is 13.1 Å². The van der Waals surface area contributed by atoms with Gasteiger partial charge in [-0.3, -0.25) is 9.59 Å². The Bertz CT molecular complexity index is 910. The van der Waals surface area contributed by atoms with Crippen molar-refractivity contribution in [1.82, 2.24) is 10.6 Å². The van der Waals surface area contributed by atoms with Gasteiger partial charge in [-0.2, -0.15) is 0 Å². The zero-order chi connectivity index (χ0) is 20.6. The number of rotatable bonds is 8. The van der Waals surface area contributed by atoms with E-state index in [0.29, 0.717) is 19.4 Å². The zero-order valence-corrected chi connectivity index (χ0v) is 16.3. The summed E-state index contributed by atoms with van der Waals surface area (Å²) in [5.74, 6) is -0.652. The van der Waals surface area contributed by atoms with Crippen LogP contribution in [0.25, 0.3) is 0 Å². The second-order valence-electron chi connectivity index (χ2n) is 6.05. The molecule has 2 rings (SSSR count). The molecule has 150 valence electrons. The Morgan fingerprint density at radius 2 is 1.29 bits per heavy atom. The van der Waals surface area contributed by atoms with E-state index in [2.05, 4.69) is 10.6 Å². The summed E-state index contributed by atoms with van der Waals surface area (Å²) in [6.07, 6.45) is 1.05. The van der Waals surface area contributed by atoms with E-state index in [1.54, 1.807) is 19.2 Å². The number of amides is 2. The molecule has 0 fully saturated rings. The number of carbonyl (C=O) groups is 2. The largest absolute Gasteiger partial charge is 0.497 e. The van der Waals surface area contributed by atoms with Crippen molar-refractivity contribution in [3.8, 4) is 5.75 Å². The number of hydrogen-bond donors (Lipinski definition) is 3. The van der Waals surface area contributed by atoms with Gasteiger partial charge in [0.05, 0.1) is 12.0 Å². The highest BCUT2D eigenvalue weighted by atomic mass is 32.2. The lowest BCUT2D eigenvalue weighted by atomic mass is 10.1. The molecule has 0 aliphatic rings. The third-order valence-corrected chi connectivity index (χ3v) is 4.94. The number of primary sulfonamides is 1. The fraction of sp³-hybridized carbons (Fsp3) is 0.263. The fourth-order valence-corrected chi connectivity index (χ4v) is 2.95. The molecule has 2 amide bonds. The lowest BCUT2D eigenvalue weighted by molar-refractivity contribution is -0.139. The van der Waals surface area contributed by atoms with Gasteiger partial charge in [-0.15, -0.1) is 0 Å². The van der Waals surface area contributed by atoms with E-state index in [1.807, 2.05) is 24.3 Å². The molecular formula is C19H23N3O5S. The van der Waals surface area contributed by atoms with Crippen LogP contribution >= 0.6 is 0 Å². The van der Waals surface area contributed by atoms with Gasteiger partial charge >= 0.3 is 11.8 Å². The number of nitrogens with one attached hydrogen (secondary N) is 2. The lowest BCUT2D eigenvalue weighted by Gasteiger charge is -2.08. The Morgan fingerprint density at radius 3 is 1.68 bits per heavy atom. The first-order chi connectivity index (χ1) is 13.3. The predicted molar refractivity (Wildman–Crippen MR) is 104 cm³/mol. The molecule has 0 bridgehead atoms. The standard InChI is InChI=1S/C19H23N3O5S/c1-27-16-6-2-14(3-7-16)10-12-21-18(23)19(24)22-13-11-15-4-8-17(9-5-15)28(20,25)26/h2-9H,10-13H2,1H3,(H,21,23)(H,22,24)(H2,20,25,26). The van der Waals surface area contributed by atoms with Crippen LogP contribution in [-0.2, 0) is 32.5 Å². The van der Waals surface area contributed by atoms with Crippen molar-refractivity contribution in [1.29, 1.82) is 0 Å². The van der Waals surface area contributed by atoms with Crippen molar-refractivity contribution in [3.05, 3.63) is 59.7 Å². The molecule has 0 aliphatic heterocycles. The summed E-state index contributed by atoms with van der Waals surface area (Å²) in [5, 5.41) is 10.1. The molecule has 0 saturated carbocycles. The van der Waals surface area contributed by atoms with Crippen LogP contribution in [0.3, 0.4) is 0 Å². The number of ether oxygens (including phenoxy) is 1. The molecule has 4 N–H and O–H groups in total.